The van der Waals surface area contributed by atoms with Crippen molar-refractivity contribution < 1.29 is 52.6 Å². The minimum Gasteiger partial charge on any atom is -0.382 e. The second-order valence-corrected chi connectivity index (χ2v) is 16.0. The Morgan fingerprint density at radius 1 is 0.852 bits per heavy atom. The maximum absolute atomic E-state index is 13.4. The lowest BCUT2D eigenvalue weighted by Gasteiger charge is -2.27. The van der Waals surface area contributed by atoms with Gasteiger partial charge in [-0.1, -0.05) is 33.8 Å². The molecule has 1 aromatic rings. The van der Waals surface area contributed by atoms with Gasteiger partial charge in [0.2, 0.25) is 41.4 Å². The van der Waals surface area contributed by atoms with Gasteiger partial charge >= 0.3 is 0 Å². The molecule has 9 amide bonds. The number of rotatable bonds is 23. The van der Waals surface area contributed by atoms with Gasteiger partial charge in [0.05, 0.1) is 43.6 Å². The molecule has 6 atom stereocenters. The summed E-state index contributed by atoms with van der Waals surface area (Å²) >= 11 is 0. The number of benzene rings is 1. The number of carbonyl (C=O) groups is 9. The minimum atomic E-state index is -1.07. The molecule has 0 aromatic heterocycles. The Labute approximate surface area is 354 Å². The molecule has 0 radical (unpaired) electrons. The van der Waals surface area contributed by atoms with Gasteiger partial charge in [0.1, 0.15) is 30.2 Å². The number of hydrogen-bond acceptors (Lipinski definition) is 13. The van der Waals surface area contributed by atoms with E-state index in [9.17, 15) is 48.4 Å². The lowest BCUT2D eigenvalue weighted by Crippen LogP contribution is -2.58. The van der Waals surface area contributed by atoms with E-state index >= 15 is 0 Å². The first-order valence-corrected chi connectivity index (χ1v) is 20.6. The molecule has 20 heteroatoms. The fourth-order valence-electron chi connectivity index (χ4n) is 7.13. The molecule has 20 nitrogen and oxygen atoms in total. The van der Waals surface area contributed by atoms with Crippen LogP contribution in [-0.4, -0.2) is 128 Å². The first-order valence-electron chi connectivity index (χ1n) is 20.6. The molecule has 332 valence electrons. The number of carbonyl (C=O) groups excluding carboxylic acids is 9. The van der Waals surface area contributed by atoms with Crippen molar-refractivity contribution in [2.75, 3.05) is 44.8 Å². The van der Waals surface area contributed by atoms with E-state index in [2.05, 4.69) is 37.2 Å². The molecular formula is C41H57N9O11. The molecule has 2 saturated heterocycles. The van der Waals surface area contributed by atoms with Gasteiger partial charge in [0, 0.05) is 37.5 Å². The molecule has 1 aromatic carbocycles. The van der Waals surface area contributed by atoms with Crippen LogP contribution in [0.15, 0.2) is 18.2 Å². The highest BCUT2D eigenvalue weighted by atomic mass is 16.5. The summed E-state index contributed by atoms with van der Waals surface area (Å²) in [5.74, 6) is -5.57. The molecular weight excluding hydrogens is 795 g/mol. The third-order valence-corrected chi connectivity index (χ3v) is 10.4. The highest BCUT2D eigenvalue weighted by Gasteiger charge is 2.45. The molecule has 1 unspecified atom stereocenters. The largest absolute Gasteiger partial charge is 0.382 e. The Balaban J connectivity index is 1.13. The fourth-order valence-corrected chi connectivity index (χ4v) is 7.13. The number of hydrogen-bond donors (Lipinski definition) is 7. The van der Waals surface area contributed by atoms with Crippen LogP contribution in [0.3, 0.4) is 0 Å². The van der Waals surface area contributed by atoms with Gasteiger partial charge in [-0.3, -0.25) is 53.4 Å². The summed E-state index contributed by atoms with van der Waals surface area (Å²) in [7, 11) is 0. The quantitative estimate of drug-likeness (QED) is 0.0548. The second-order valence-electron chi connectivity index (χ2n) is 16.0. The normalized spacial score (nSPS) is 19.3. The van der Waals surface area contributed by atoms with Crippen molar-refractivity contribution in [3.63, 3.8) is 0 Å². The second kappa shape index (κ2) is 22.6. The molecule has 0 spiro atoms. The van der Waals surface area contributed by atoms with Crippen LogP contribution in [0.5, 0.6) is 0 Å². The molecule has 4 rings (SSSR count). The van der Waals surface area contributed by atoms with Crippen molar-refractivity contribution in [3.05, 3.63) is 29.3 Å². The molecule has 3 aliphatic rings. The molecule has 2 fully saturated rings. The highest BCUT2D eigenvalue weighted by Crippen LogP contribution is 2.32. The zero-order chi connectivity index (χ0) is 44.8. The highest BCUT2D eigenvalue weighted by molar-refractivity contribution is 6.25. The van der Waals surface area contributed by atoms with Gasteiger partial charge in [-0.05, 0) is 56.6 Å². The van der Waals surface area contributed by atoms with E-state index in [-0.39, 0.29) is 99.9 Å². The standard InChI is InChI=1S/C41H57N9O11/c1-22(2)19-29(37(55)46-26(21-42)20-25-11-13-44-36(25)54)47-39(57)34(23(3)4)49-35(53)24(5)45-32(52)12-15-60-17-18-61-16-14-43-28-8-6-7-27-33(28)41(59)50(40(27)58)30-9-10-31(51)48-38(30)56/h6-8,22-26,29-30,34,43H,9-20H2,1-5H3,(H,44,54)(H,45,52)(H,46,55)(H,47,57)(H,49,53)(H,48,51,56)/t24-,25-,26-,29-,30?,34-/m0/s1. The van der Waals surface area contributed by atoms with E-state index in [1.54, 1.807) is 26.0 Å². The summed E-state index contributed by atoms with van der Waals surface area (Å²) in [5.41, 5.74) is 0.700. The van der Waals surface area contributed by atoms with Gasteiger partial charge in [-0.25, -0.2) is 0 Å². The van der Waals surface area contributed by atoms with Gasteiger partial charge in [-0.2, -0.15) is 5.26 Å². The lowest BCUT2D eigenvalue weighted by atomic mass is 9.97. The molecule has 0 aliphatic carbocycles. The van der Waals surface area contributed by atoms with Crippen LogP contribution in [-0.2, 0) is 43.0 Å². The molecule has 61 heavy (non-hydrogen) atoms. The van der Waals surface area contributed by atoms with Crippen molar-refractivity contribution in [2.45, 2.75) is 103 Å². The van der Waals surface area contributed by atoms with E-state index in [1.807, 2.05) is 19.9 Å². The smallest absolute Gasteiger partial charge is 0.264 e. The number of amides is 9. The van der Waals surface area contributed by atoms with Gasteiger partial charge in [0.25, 0.3) is 11.8 Å². The summed E-state index contributed by atoms with van der Waals surface area (Å²) in [4.78, 5) is 115. The Morgan fingerprint density at radius 3 is 2.21 bits per heavy atom. The molecule has 3 aliphatic heterocycles. The average molecular weight is 852 g/mol. The topological polar surface area (TPSA) is 283 Å². The van der Waals surface area contributed by atoms with Crippen LogP contribution in [0, 0.1) is 29.1 Å². The van der Waals surface area contributed by atoms with Crippen molar-refractivity contribution >= 4 is 58.9 Å². The molecule has 7 N–H and O–H groups in total. The summed E-state index contributed by atoms with van der Waals surface area (Å²) in [5, 5.41) is 28.2. The Bertz CT molecular complexity index is 1880. The molecule has 0 saturated carbocycles. The van der Waals surface area contributed by atoms with E-state index < -0.39 is 77.5 Å². The van der Waals surface area contributed by atoms with E-state index in [0.717, 1.165) is 4.90 Å². The number of imide groups is 2. The summed E-state index contributed by atoms with van der Waals surface area (Å²) in [6.45, 7) is 10.0. The fraction of sp³-hybridized carbons (Fsp3) is 0.610. The number of ether oxygens (including phenoxy) is 2. The van der Waals surface area contributed by atoms with Gasteiger partial charge in [-0.15, -0.1) is 0 Å². The van der Waals surface area contributed by atoms with Gasteiger partial charge in [0.15, 0.2) is 0 Å². The number of piperidine rings is 1. The maximum atomic E-state index is 13.4. The molecule has 3 heterocycles. The number of fused-ring (bicyclic) bond motifs is 1. The zero-order valence-corrected chi connectivity index (χ0v) is 35.2. The van der Waals surface area contributed by atoms with Crippen molar-refractivity contribution in [2.24, 2.45) is 17.8 Å². The van der Waals surface area contributed by atoms with Crippen molar-refractivity contribution in [1.29, 1.82) is 5.26 Å². The van der Waals surface area contributed by atoms with Gasteiger partial charge < -0.3 is 41.4 Å². The minimum absolute atomic E-state index is 0.00667. The monoisotopic (exact) mass is 851 g/mol. The van der Waals surface area contributed by atoms with E-state index in [0.29, 0.717) is 18.7 Å². The number of anilines is 1. The summed E-state index contributed by atoms with van der Waals surface area (Å²) in [6.07, 6.45) is 0.990. The molecule has 0 bridgehead atoms. The summed E-state index contributed by atoms with van der Waals surface area (Å²) in [6, 6.07) is 1.74. The van der Waals surface area contributed by atoms with Crippen LogP contribution >= 0.6 is 0 Å². The van der Waals surface area contributed by atoms with Crippen LogP contribution in [0.1, 0.15) is 93.9 Å². The lowest BCUT2D eigenvalue weighted by molar-refractivity contribution is -0.136. The zero-order valence-electron chi connectivity index (χ0n) is 35.2. The number of nitrogens with zero attached hydrogens (tertiary/aromatic N) is 2. The Morgan fingerprint density at radius 2 is 1.57 bits per heavy atom. The Hall–Kier alpha value is -5.94. The van der Waals surface area contributed by atoms with E-state index in [1.165, 1.54) is 13.0 Å². The van der Waals surface area contributed by atoms with Crippen molar-refractivity contribution in [1.82, 2.24) is 36.8 Å². The SMILES string of the molecule is CC(C)C[C@H](NC(=O)[C@@H](NC(=O)[C@H](C)NC(=O)CCOCCOCCNc1cccc2c1C(=O)N(C1CCC(=O)NC1=O)C2=O)C(C)C)C(=O)N[C@H](C#N)C[C@@H]1CCNC1=O. The predicted molar refractivity (Wildman–Crippen MR) is 217 cm³/mol. The third-order valence-electron chi connectivity index (χ3n) is 10.4. The maximum Gasteiger partial charge on any atom is 0.264 e. The van der Waals surface area contributed by atoms with Crippen LogP contribution in [0.2, 0.25) is 0 Å². The van der Waals surface area contributed by atoms with Crippen molar-refractivity contribution in [3.8, 4) is 6.07 Å². The first kappa shape index (κ1) is 47.7. The summed E-state index contributed by atoms with van der Waals surface area (Å²) < 4.78 is 11.1. The average Bonchev–Trinajstić information content (AvgIpc) is 3.72. The van der Waals surface area contributed by atoms with Crippen LogP contribution in [0.25, 0.3) is 0 Å². The van der Waals surface area contributed by atoms with E-state index in [4.69, 9.17) is 9.47 Å². The number of nitriles is 1. The third kappa shape index (κ3) is 13.3. The number of nitrogens with one attached hydrogen (secondary N) is 7. The van der Waals surface area contributed by atoms with Crippen LogP contribution in [0.4, 0.5) is 5.69 Å². The van der Waals surface area contributed by atoms with Crippen LogP contribution < -0.4 is 37.2 Å². The predicted octanol–water partition coefficient (Wildman–Crippen LogP) is -0.366. The Kier molecular flexibility index (Phi) is 17.7. The first-order chi connectivity index (χ1) is 29.0.